The topological polar surface area (TPSA) is 85.1 Å². The van der Waals surface area contributed by atoms with Crippen molar-refractivity contribution < 1.29 is 19.1 Å². The van der Waals surface area contributed by atoms with Gasteiger partial charge >= 0.3 is 5.97 Å². The smallest absolute Gasteiger partial charge is 0.338 e. The standard InChI is InChI=1S/C10H6FN3O3/c11-8-2-12-3-9(7(8)5-15)14-4-6(1-13-14)10(16)17/h1-5H,(H,16,17). The molecule has 0 aliphatic carbocycles. The molecule has 1 N–H and O–H groups in total. The molecule has 2 heterocycles. The first-order valence-corrected chi connectivity index (χ1v) is 4.50. The number of halogens is 1. The zero-order chi connectivity index (χ0) is 12.4. The summed E-state index contributed by atoms with van der Waals surface area (Å²) in [6, 6.07) is 0. The van der Waals surface area contributed by atoms with Gasteiger partial charge < -0.3 is 5.11 Å². The molecule has 7 heteroatoms. The Bertz CT molecular complexity index is 594. The van der Waals surface area contributed by atoms with E-state index in [1.54, 1.807) is 0 Å². The molecule has 0 fully saturated rings. The lowest BCUT2D eigenvalue weighted by Crippen LogP contribution is -2.03. The Morgan fingerprint density at radius 3 is 2.76 bits per heavy atom. The van der Waals surface area contributed by atoms with E-state index >= 15 is 0 Å². The minimum Gasteiger partial charge on any atom is -0.478 e. The van der Waals surface area contributed by atoms with E-state index in [1.807, 2.05) is 0 Å². The van der Waals surface area contributed by atoms with Crippen LogP contribution in [-0.2, 0) is 0 Å². The molecule has 86 valence electrons. The first-order valence-electron chi connectivity index (χ1n) is 4.50. The molecule has 0 bridgehead atoms. The van der Waals surface area contributed by atoms with Gasteiger partial charge in [0.2, 0.25) is 0 Å². The summed E-state index contributed by atoms with van der Waals surface area (Å²) in [5.74, 6) is -1.95. The fraction of sp³-hybridized carbons (Fsp3) is 0. The van der Waals surface area contributed by atoms with Crippen molar-refractivity contribution in [1.82, 2.24) is 14.8 Å². The van der Waals surface area contributed by atoms with Gasteiger partial charge in [0.05, 0.1) is 35.4 Å². The van der Waals surface area contributed by atoms with Gasteiger partial charge in [-0.05, 0) is 0 Å². The highest BCUT2D eigenvalue weighted by Crippen LogP contribution is 2.14. The van der Waals surface area contributed by atoms with Crippen LogP contribution in [0.3, 0.4) is 0 Å². The van der Waals surface area contributed by atoms with Crippen LogP contribution < -0.4 is 0 Å². The van der Waals surface area contributed by atoms with Crippen molar-refractivity contribution in [2.75, 3.05) is 0 Å². The van der Waals surface area contributed by atoms with E-state index in [0.717, 1.165) is 17.1 Å². The van der Waals surface area contributed by atoms with Gasteiger partial charge in [0.25, 0.3) is 0 Å². The molecule has 17 heavy (non-hydrogen) atoms. The number of carboxylic acids is 1. The maximum Gasteiger partial charge on any atom is 0.338 e. The van der Waals surface area contributed by atoms with Crippen LogP contribution in [0, 0.1) is 5.82 Å². The van der Waals surface area contributed by atoms with E-state index in [-0.39, 0.29) is 16.8 Å². The Labute approximate surface area is 94.3 Å². The monoisotopic (exact) mass is 235 g/mol. The fourth-order valence-electron chi connectivity index (χ4n) is 1.30. The molecular weight excluding hydrogens is 229 g/mol. The molecule has 0 unspecified atom stereocenters. The minimum atomic E-state index is -1.16. The van der Waals surface area contributed by atoms with Crippen LogP contribution in [0.1, 0.15) is 20.7 Å². The number of carbonyl (C=O) groups is 2. The summed E-state index contributed by atoms with van der Waals surface area (Å²) in [4.78, 5) is 25.0. The van der Waals surface area contributed by atoms with E-state index in [1.165, 1.54) is 12.4 Å². The van der Waals surface area contributed by atoms with Gasteiger partial charge in [-0.1, -0.05) is 0 Å². The molecule has 0 radical (unpaired) electrons. The third-order valence-corrected chi connectivity index (χ3v) is 2.11. The lowest BCUT2D eigenvalue weighted by Gasteiger charge is -2.03. The van der Waals surface area contributed by atoms with Crippen molar-refractivity contribution in [3.63, 3.8) is 0 Å². The maximum atomic E-state index is 13.3. The minimum absolute atomic E-state index is 0.0638. The molecular formula is C10H6FN3O3. The Morgan fingerprint density at radius 2 is 2.18 bits per heavy atom. The lowest BCUT2D eigenvalue weighted by atomic mass is 10.2. The molecule has 0 spiro atoms. The van der Waals surface area contributed by atoms with Crippen LogP contribution in [-0.4, -0.2) is 32.1 Å². The van der Waals surface area contributed by atoms with Crippen molar-refractivity contribution in [3.8, 4) is 5.69 Å². The zero-order valence-corrected chi connectivity index (χ0v) is 8.37. The van der Waals surface area contributed by atoms with E-state index in [2.05, 4.69) is 10.1 Å². The predicted molar refractivity (Wildman–Crippen MR) is 53.7 cm³/mol. The van der Waals surface area contributed by atoms with E-state index in [4.69, 9.17) is 5.11 Å². The molecule has 6 nitrogen and oxygen atoms in total. The molecule has 0 aliphatic rings. The molecule has 2 aromatic rings. The van der Waals surface area contributed by atoms with Crippen LogP contribution in [0.5, 0.6) is 0 Å². The maximum absolute atomic E-state index is 13.3. The van der Waals surface area contributed by atoms with Gasteiger partial charge in [0, 0.05) is 6.20 Å². The second kappa shape index (κ2) is 4.12. The second-order valence-electron chi connectivity index (χ2n) is 3.15. The number of pyridine rings is 1. The highest BCUT2D eigenvalue weighted by Gasteiger charge is 2.13. The van der Waals surface area contributed by atoms with Crippen molar-refractivity contribution in [2.24, 2.45) is 0 Å². The number of aromatic carboxylic acids is 1. The molecule has 0 atom stereocenters. The lowest BCUT2D eigenvalue weighted by molar-refractivity contribution is 0.0696. The quantitative estimate of drug-likeness (QED) is 0.799. The number of aromatic nitrogens is 3. The van der Waals surface area contributed by atoms with Crippen LogP contribution >= 0.6 is 0 Å². The van der Waals surface area contributed by atoms with Gasteiger partial charge in [-0.2, -0.15) is 5.10 Å². The Kier molecular flexibility index (Phi) is 2.65. The number of aldehydes is 1. The van der Waals surface area contributed by atoms with Gasteiger partial charge in [-0.25, -0.2) is 13.9 Å². The highest BCUT2D eigenvalue weighted by molar-refractivity contribution is 5.87. The summed E-state index contributed by atoms with van der Waals surface area (Å²) in [6.07, 6.45) is 4.72. The number of rotatable bonds is 3. The molecule has 0 saturated carbocycles. The van der Waals surface area contributed by atoms with E-state index < -0.39 is 11.8 Å². The molecule has 0 saturated heterocycles. The number of hydrogen-bond donors (Lipinski definition) is 1. The SMILES string of the molecule is O=Cc1c(F)cncc1-n1cc(C(=O)O)cn1. The first-order chi connectivity index (χ1) is 8.13. The van der Waals surface area contributed by atoms with Crippen molar-refractivity contribution in [3.05, 3.63) is 41.7 Å². The van der Waals surface area contributed by atoms with Gasteiger partial charge in [-0.15, -0.1) is 0 Å². The summed E-state index contributed by atoms with van der Waals surface area (Å²) in [5, 5.41) is 12.4. The summed E-state index contributed by atoms with van der Waals surface area (Å²) in [5.41, 5.74) is -0.196. The summed E-state index contributed by atoms with van der Waals surface area (Å²) in [6.45, 7) is 0. The van der Waals surface area contributed by atoms with Crippen LogP contribution in [0.2, 0.25) is 0 Å². The average molecular weight is 235 g/mol. The van der Waals surface area contributed by atoms with E-state index in [9.17, 15) is 14.0 Å². The predicted octanol–water partition coefficient (Wildman–Crippen LogP) is 0.917. The largest absolute Gasteiger partial charge is 0.478 e. The van der Waals surface area contributed by atoms with Crippen molar-refractivity contribution in [2.45, 2.75) is 0 Å². The second-order valence-corrected chi connectivity index (χ2v) is 3.15. The van der Waals surface area contributed by atoms with Crippen LogP contribution in [0.4, 0.5) is 4.39 Å². The fourth-order valence-corrected chi connectivity index (χ4v) is 1.30. The Hall–Kier alpha value is -2.57. The molecule has 0 aromatic carbocycles. The van der Waals surface area contributed by atoms with Crippen molar-refractivity contribution in [1.29, 1.82) is 0 Å². The van der Waals surface area contributed by atoms with Gasteiger partial charge in [-0.3, -0.25) is 9.78 Å². The molecule has 0 aliphatic heterocycles. The van der Waals surface area contributed by atoms with Crippen molar-refractivity contribution >= 4 is 12.3 Å². The number of carboxylic acid groups (broad SMARTS) is 1. The molecule has 0 amide bonds. The number of carbonyl (C=O) groups excluding carboxylic acids is 1. The first kappa shape index (κ1) is 10.9. The number of hydrogen-bond acceptors (Lipinski definition) is 4. The van der Waals surface area contributed by atoms with Crippen LogP contribution in [0.25, 0.3) is 5.69 Å². The Balaban J connectivity index is 2.56. The summed E-state index contributed by atoms with van der Waals surface area (Å²) < 4.78 is 14.3. The third kappa shape index (κ3) is 1.89. The third-order valence-electron chi connectivity index (χ3n) is 2.11. The highest BCUT2D eigenvalue weighted by atomic mass is 19.1. The van der Waals surface area contributed by atoms with Gasteiger partial charge in [0.1, 0.15) is 0 Å². The van der Waals surface area contributed by atoms with E-state index in [0.29, 0.717) is 6.29 Å². The Morgan fingerprint density at radius 1 is 1.41 bits per heavy atom. The average Bonchev–Trinajstić information content (AvgIpc) is 2.77. The molecule has 2 rings (SSSR count). The summed E-state index contributed by atoms with van der Waals surface area (Å²) in [7, 11) is 0. The normalized spacial score (nSPS) is 10.2. The summed E-state index contributed by atoms with van der Waals surface area (Å²) >= 11 is 0. The zero-order valence-electron chi connectivity index (χ0n) is 8.37. The molecule has 2 aromatic heterocycles. The van der Waals surface area contributed by atoms with Crippen LogP contribution in [0.15, 0.2) is 24.8 Å². The number of nitrogens with zero attached hydrogens (tertiary/aromatic N) is 3. The van der Waals surface area contributed by atoms with Gasteiger partial charge in [0.15, 0.2) is 12.1 Å².